The van der Waals surface area contributed by atoms with E-state index >= 15 is 0 Å². The number of alkyl halides is 2. The van der Waals surface area contributed by atoms with Crippen LogP contribution in [0.25, 0.3) is 0 Å². The fourth-order valence-electron chi connectivity index (χ4n) is 1.11. The van der Waals surface area contributed by atoms with Gasteiger partial charge in [-0.05, 0) is 11.6 Å². The van der Waals surface area contributed by atoms with Gasteiger partial charge in [-0.25, -0.2) is 8.78 Å². The summed E-state index contributed by atoms with van der Waals surface area (Å²) in [6, 6.07) is -0.0720. The van der Waals surface area contributed by atoms with Crippen molar-refractivity contribution in [1.82, 2.24) is 15.0 Å². The molecule has 0 amide bonds. The summed E-state index contributed by atoms with van der Waals surface area (Å²) < 4.78 is 29.4. The van der Waals surface area contributed by atoms with Crippen molar-refractivity contribution in [3.63, 3.8) is 0 Å². The molecule has 6 nitrogen and oxygen atoms in total. The fourth-order valence-corrected chi connectivity index (χ4v) is 1.26. The van der Waals surface area contributed by atoms with Gasteiger partial charge in [-0.3, -0.25) is 0 Å². The third-order valence-corrected chi connectivity index (χ3v) is 1.94. The van der Waals surface area contributed by atoms with Crippen LogP contribution in [-0.2, 0) is 0 Å². The van der Waals surface area contributed by atoms with Crippen LogP contribution >= 0.6 is 11.6 Å². The van der Waals surface area contributed by atoms with Crippen molar-refractivity contribution < 1.29 is 18.6 Å². The number of ether oxygens (including phenoxy) is 1. The molecule has 0 atom stereocenters. The Morgan fingerprint density at radius 1 is 1.41 bits per heavy atom. The van der Waals surface area contributed by atoms with Crippen LogP contribution in [0, 0.1) is 0 Å². The molecule has 0 aliphatic rings. The van der Waals surface area contributed by atoms with Gasteiger partial charge in [0.2, 0.25) is 11.2 Å². The van der Waals surface area contributed by atoms with Gasteiger partial charge in [0, 0.05) is 6.54 Å². The fraction of sp³-hybridized carbons (Fsp3) is 0.625. The van der Waals surface area contributed by atoms with E-state index in [4.69, 9.17) is 21.4 Å². The second-order valence-electron chi connectivity index (χ2n) is 2.95. The first-order chi connectivity index (χ1) is 8.06. The highest BCUT2D eigenvalue weighted by molar-refractivity contribution is 6.28. The van der Waals surface area contributed by atoms with E-state index in [-0.39, 0.29) is 30.4 Å². The molecule has 0 aliphatic carbocycles. The molecule has 1 heterocycles. The van der Waals surface area contributed by atoms with Gasteiger partial charge in [-0.15, -0.1) is 0 Å². The monoisotopic (exact) mass is 268 g/mol. The second-order valence-corrected chi connectivity index (χ2v) is 3.29. The Labute approximate surface area is 101 Å². The standard InChI is InChI=1S/C8H11ClF2N4O2/c1-17-8-13-6(9)12-7(14-8)15(2-3-16)4-5(10)11/h5,16H,2-4H2,1H3. The summed E-state index contributed by atoms with van der Waals surface area (Å²) in [5.41, 5.74) is 0. The van der Waals surface area contributed by atoms with E-state index in [9.17, 15) is 8.78 Å². The van der Waals surface area contributed by atoms with Crippen molar-refractivity contribution >= 4 is 17.5 Å². The summed E-state index contributed by atoms with van der Waals surface area (Å²) in [4.78, 5) is 12.2. The predicted molar refractivity (Wildman–Crippen MR) is 56.7 cm³/mol. The molecule has 1 aromatic heterocycles. The molecule has 0 aromatic carbocycles. The summed E-state index contributed by atoms with van der Waals surface area (Å²) in [6.07, 6.45) is -2.58. The minimum Gasteiger partial charge on any atom is -0.467 e. The molecule has 9 heteroatoms. The molecule has 96 valence electrons. The number of methoxy groups -OCH3 is 1. The Morgan fingerprint density at radius 3 is 2.65 bits per heavy atom. The van der Waals surface area contributed by atoms with Gasteiger partial charge in [-0.1, -0.05) is 0 Å². The SMILES string of the molecule is COc1nc(Cl)nc(N(CCO)CC(F)F)n1. The van der Waals surface area contributed by atoms with Gasteiger partial charge in [0.05, 0.1) is 20.3 Å². The molecule has 0 aliphatic heterocycles. The number of rotatable bonds is 6. The zero-order valence-corrected chi connectivity index (χ0v) is 9.73. The maximum atomic E-state index is 12.3. The molecule has 0 radical (unpaired) electrons. The van der Waals surface area contributed by atoms with Crippen molar-refractivity contribution in [2.45, 2.75) is 6.43 Å². The number of hydrogen-bond donors (Lipinski definition) is 1. The van der Waals surface area contributed by atoms with Crippen molar-refractivity contribution in [2.75, 3.05) is 31.7 Å². The van der Waals surface area contributed by atoms with Gasteiger partial charge in [0.25, 0.3) is 6.43 Å². The van der Waals surface area contributed by atoms with Crippen molar-refractivity contribution in [1.29, 1.82) is 0 Å². The van der Waals surface area contributed by atoms with E-state index in [1.54, 1.807) is 0 Å². The van der Waals surface area contributed by atoms with Gasteiger partial charge >= 0.3 is 6.01 Å². The summed E-state index contributed by atoms with van der Waals surface area (Å²) in [7, 11) is 1.32. The van der Waals surface area contributed by atoms with Gasteiger partial charge in [0.15, 0.2) is 0 Å². The molecular formula is C8H11ClF2N4O2. The maximum absolute atomic E-state index is 12.3. The van der Waals surface area contributed by atoms with Crippen LogP contribution in [0.5, 0.6) is 6.01 Å². The lowest BCUT2D eigenvalue weighted by atomic mass is 10.5. The van der Waals surface area contributed by atoms with Crippen LogP contribution in [0.3, 0.4) is 0 Å². The van der Waals surface area contributed by atoms with E-state index in [0.717, 1.165) is 4.90 Å². The van der Waals surface area contributed by atoms with E-state index in [2.05, 4.69) is 15.0 Å². The average Bonchev–Trinajstić information content (AvgIpc) is 2.27. The second kappa shape index (κ2) is 6.45. The first-order valence-electron chi connectivity index (χ1n) is 4.66. The summed E-state index contributed by atoms with van der Waals surface area (Å²) in [6.45, 7) is -0.948. The van der Waals surface area contributed by atoms with Gasteiger partial charge in [0.1, 0.15) is 0 Å². The van der Waals surface area contributed by atoms with Crippen LogP contribution in [0.1, 0.15) is 0 Å². The van der Waals surface area contributed by atoms with Crippen LogP contribution in [-0.4, -0.2) is 53.3 Å². The van der Waals surface area contributed by atoms with E-state index < -0.39 is 13.0 Å². The topological polar surface area (TPSA) is 71.4 Å². The Kier molecular flexibility index (Phi) is 5.23. The number of aliphatic hydroxyl groups is 1. The minimum atomic E-state index is -2.58. The van der Waals surface area contributed by atoms with Crippen LogP contribution in [0.4, 0.5) is 14.7 Å². The Bertz CT molecular complexity index is 369. The number of hydrogen-bond acceptors (Lipinski definition) is 6. The Hall–Kier alpha value is -1.28. The first-order valence-corrected chi connectivity index (χ1v) is 5.04. The zero-order chi connectivity index (χ0) is 12.8. The average molecular weight is 269 g/mol. The molecule has 1 N–H and O–H groups in total. The zero-order valence-electron chi connectivity index (χ0n) is 8.98. The third-order valence-electron chi connectivity index (χ3n) is 1.77. The number of aliphatic hydroxyl groups excluding tert-OH is 1. The summed E-state index contributed by atoms with van der Waals surface area (Å²) >= 11 is 5.59. The minimum absolute atomic E-state index is 0.0339. The maximum Gasteiger partial charge on any atom is 0.322 e. The van der Waals surface area contributed by atoms with Crippen molar-refractivity contribution in [3.05, 3.63) is 5.28 Å². The van der Waals surface area contributed by atoms with Crippen LogP contribution in [0.2, 0.25) is 5.28 Å². The number of halogens is 3. The van der Waals surface area contributed by atoms with E-state index in [0.29, 0.717) is 0 Å². The molecule has 0 fully saturated rings. The van der Waals surface area contributed by atoms with Gasteiger partial charge < -0.3 is 14.7 Å². The molecule has 0 saturated carbocycles. The lowest BCUT2D eigenvalue weighted by Gasteiger charge is -2.20. The molecular weight excluding hydrogens is 258 g/mol. The summed E-state index contributed by atoms with van der Waals surface area (Å²) in [5, 5.41) is 8.62. The summed E-state index contributed by atoms with van der Waals surface area (Å²) in [5.74, 6) is -0.0591. The van der Waals surface area contributed by atoms with E-state index in [1.165, 1.54) is 7.11 Å². The van der Waals surface area contributed by atoms with Gasteiger partial charge in [-0.2, -0.15) is 15.0 Å². The Morgan fingerprint density at radius 2 is 2.12 bits per heavy atom. The predicted octanol–water partition coefficient (Wildman–Crippen LogP) is 0.597. The normalized spacial score (nSPS) is 10.7. The number of aromatic nitrogens is 3. The number of anilines is 1. The van der Waals surface area contributed by atoms with E-state index in [1.807, 2.05) is 0 Å². The quantitative estimate of drug-likeness (QED) is 0.815. The highest BCUT2D eigenvalue weighted by Crippen LogP contribution is 2.15. The molecule has 1 rings (SSSR count). The van der Waals surface area contributed by atoms with Crippen molar-refractivity contribution in [2.24, 2.45) is 0 Å². The highest BCUT2D eigenvalue weighted by atomic mass is 35.5. The third kappa shape index (κ3) is 4.23. The molecule has 1 aromatic rings. The van der Waals surface area contributed by atoms with Crippen molar-refractivity contribution in [3.8, 4) is 6.01 Å². The molecule has 17 heavy (non-hydrogen) atoms. The lowest BCUT2D eigenvalue weighted by Crippen LogP contribution is -2.33. The first kappa shape index (κ1) is 13.8. The van der Waals surface area contributed by atoms with Crippen LogP contribution in [0.15, 0.2) is 0 Å². The molecule has 0 bridgehead atoms. The van der Waals surface area contributed by atoms with Crippen LogP contribution < -0.4 is 9.64 Å². The molecule has 0 unspecified atom stereocenters. The number of nitrogens with zero attached hydrogens (tertiary/aromatic N) is 4. The molecule has 0 spiro atoms. The Balaban J connectivity index is 2.95. The molecule has 0 saturated heterocycles. The largest absolute Gasteiger partial charge is 0.467 e. The lowest BCUT2D eigenvalue weighted by molar-refractivity contribution is 0.152. The highest BCUT2D eigenvalue weighted by Gasteiger charge is 2.17. The smallest absolute Gasteiger partial charge is 0.322 e.